The highest BCUT2D eigenvalue weighted by Gasteiger charge is 2.20. The van der Waals surface area contributed by atoms with E-state index in [1.54, 1.807) is 7.11 Å². The summed E-state index contributed by atoms with van der Waals surface area (Å²) in [6, 6.07) is 0. The molecule has 7 heteroatoms. The number of carboxylic acid groups (broad SMARTS) is 1. The molecule has 0 spiro atoms. The topological polar surface area (TPSA) is 65.9 Å². The van der Waals surface area contributed by atoms with Gasteiger partial charge in [0.25, 0.3) is 0 Å². The Balaban J connectivity index is 1.99. The monoisotopic (exact) mass is 299 g/mol. The Morgan fingerprint density at radius 1 is 1.35 bits per heavy atom. The molecule has 2 heterocycles. The van der Waals surface area contributed by atoms with E-state index < -0.39 is 5.97 Å². The van der Waals surface area contributed by atoms with Crippen molar-refractivity contribution in [3.63, 3.8) is 0 Å². The summed E-state index contributed by atoms with van der Waals surface area (Å²) < 4.78 is 5.01. The van der Waals surface area contributed by atoms with Crippen LogP contribution >= 0.6 is 11.3 Å². The molecule has 0 amide bonds. The van der Waals surface area contributed by atoms with Gasteiger partial charge in [0.2, 0.25) is 0 Å². The SMILES string of the molecule is CCN1CCN(Cc2nc(COC)c(C(=O)O)s2)CC1. The molecule has 1 aliphatic heterocycles. The number of methoxy groups -OCH3 is 1. The van der Waals surface area contributed by atoms with Gasteiger partial charge in [-0.3, -0.25) is 4.90 Å². The van der Waals surface area contributed by atoms with Gasteiger partial charge in [-0.1, -0.05) is 6.92 Å². The summed E-state index contributed by atoms with van der Waals surface area (Å²) in [5.41, 5.74) is 0.534. The minimum Gasteiger partial charge on any atom is -0.477 e. The summed E-state index contributed by atoms with van der Waals surface area (Å²) in [7, 11) is 1.55. The Kier molecular flexibility index (Phi) is 5.47. The predicted molar refractivity (Wildman–Crippen MR) is 77.2 cm³/mol. The molecule has 1 fully saturated rings. The van der Waals surface area contributed by atoms with Gasteiger partial charge >= 0.3 is 5.97 Å². The fourth-order valence-corrected chi connectivity index (χ4v) is 3.27. The summed E-state index contributed by atoms with van der Waals surface area (Å²) in [5, 5.41) is 10.0. The molecule has 2 rings (SSSR count). The lowest BCUT2D eigenvalue weighted by Crippen LogP contribution is -2.45. The summed E-state index contributed by atoms with van der Waals surface area (Å²) in [4.78, 5) is 20.6. The van der Waals surface area contributed by atoms with E-state index in [9.17, 15) is 9.90 Å². The lowest BCUT2D eigenvalue weighted by Gasteiger charge is -2.33. The van der Waals surface area contributed by atoms with Crippen LogP contribution in [0, 0.1) is 0 Å². The first kappa shape index (κ1) is 15.4. The summed E-state index contributed by atoms with van der Waals surface area (Å²) >= 11 is 1.26. The van der Waals surface area contributed by atoms with Gasteiger partial charge in [0.05, 0.1) is 18.8 Å². The van der Waals surface area contributed by atoms with Crippen LogP contribution in [-0.4, -0.2) is 65.7 Å². The molecule has 0 unspecified atom stereocenters. The number of aromatic nitrogens is 1. The number of carboxylic acids is 1. The quantitative estimate of drug-likeness (QED) is 0.849. The van der Waals surface area contributed by atoms with E-state index in [1.165, 1.54) is 11.3 Å². The third kappa shape index (κ3) is 3.76. The van der Waals surface area contributed by atoms with Crippen LogP contribution in [0.25, 0.3) is 0 Å². The molecule has 1 aliphatic rings. The van der Waals surface area contributed by atoms with Crippen molar-refractivity contribution in [3.8, 4) is 0 Å². The van der Waals surface area contributed by atoms with Crippen molar-refractivity contribution in [2.24, 2.45) is 0 Å². The molecule has 0 bridgehead atoms. The molecule has 0 atom stereocenters. The second-order valence-corrected chi connectivity index (χ2v) is 5.92. The number of aromatic carboxylic acids is 1. The van der Waals surface area contributed by atoms with Crippen molar-refractivity contribution in [2.45, 2.75) is 20.1 Å². The largest absolute Gasteiger partial charge is 0.477 e. The van der Waals surface area contributed by atoms with E-state index >= 15 is 0 Å². The first-order chi connectivity index (χ1) is 9.63. The highest BCUT2D eigenvalue weighted by Crippen LogP contribution is 2.21. The zero-order valence-corrected chi connectivity index (χ0v) is 12.8. The Morgan fingerprint density at radius 2 is 2.00 bits per heavy atom. The van der Waals surface area contributed by atoms with Crippen molar-refractivity contribution in [1.82, 2.24) is 14.8 Å². The van der Waals surface area contributed by atoms with E-state index in [0.717, 1.165) is 44.3 Å². The van der Waals surface area contributed by atoms with Gasteiger partial charge in [-0.2, -0.15) is 0 Å². The molecule has 0 aromatic carbocycles. The van der Waals surface area contributed by atoms with Crippen LogP contribution in [0.4, 0.5) is 0 Å². The molecule has 1 aromatic heterocycles. The maximum absolute atomic E-state index is 11.2. The highest BCUT2D eigenvalue weighted by molar-refractivity contribution is 7.13. The predicted octanol–water partition coefficient (Wildman–Crippen LogP) is 1.13. The van der Waals surface area contributed by atoms with Crippen LogP contribution < -0.4 is 0 Å². The summed E-state index contributed by atoms with van der Waals surface area (Å²) in [6.07, 6.45) is 0. The molecule has 1 N–H and O–H groups in total. The maximum Gasteiger partial charge on any atom is 0.347 e. The summed E-state index contributed by atoms with van der Waals surface area (Å²) in [6.45, 7) is 8.40. The van der Waals surface area contributed by atoms with E-state index in [1.807, 2.05) is 0 Å². The molecule has 0 radical (unpaired) electrons. The average molecular weight is 299 g/mol. The number of hydrogen-bond donors (Lipinski definition) is 1. The zero-order valence-electron chi connectivity index (χ0n) is 12.0. The fraction of sp³-hybridized carbons (Fsp3) is 0.692. The summed E-state index contributed by atoms with van der Waals surface area (Å²) in [5.74, 6) is -0.920. The van der Waals surface area contributed by atoms with Crippen molar-refractivity contribution < 1.29 is 14.6 Å². The van der Waals surface area contributed by atoms with Crippen LogP contribution in [0.3, 0.4) is 0 Å². The van der Waals surface area contributed by atoms with Crippen LogP contribution in [0.5, 0.6) is 0 Å². The standard InChI is InChI=1S/C13H21N3O3S/c1-3-15-4-6-16(7-5-15)8-11-14-10(9-19-2)12(20-11)13(17)18/h3-9H2,1-2H3,(H,17,18). The Bertz CT molecular complexity index is 456. The van der Waals surface area contributed by atoms with Crippen LogP contribution in [0.1, 0.15) is 27.3 Å². The highest BCUT2D eigenvalue weighted by atomic mass is 32.1. The van der Waals surface area contributed by atoms with Gasteiger partial charge in [-0.05, 0) is 6.54 Å². The molecule has 1 aromatic rings. The first-order valence-corrected chi connectivity index (χ1v) is 7.61. The van der Waals surface area contributed by atoms with Gasteiger partial charge in [0.1, 0.15) is 9.88 Å². The van der Waals surface area contributed by atoms with E-state index in [0.29, 0.717) is 10.6 Å². The number of piperazine rings is 1. The van der Waals surface area contributed by atoms with Gasteiger partial charge in [-0.25, -0.2) is 9.78 Å². The van der Waals surface area contributed by atoms with Crippen molar-refractivity contribution in [3.05, 3.63) is 15.6 Å². The molecular weight excluding hydrogens is 278 g/mol. The number of nitrogens with zero attached hydrogens (tertiary/aromatic N) is 3. The van der Waals surface area contributed by atoms with Gasteiger partial charge in [-0.15, -0.1) is 11.3 Å². The fourth-order valence-electron chi connectivity index (χ4n) is 2.33. The second-order valence-electron chi connectivity index (χ2n) is 4.83. The third-order valence-electron chi connectivity index (χ3n) is 3.49. The first-order valence-electron chi connectivity index (χ1n) is 6.79. The van der Waals surface area contributed by atoms with Crippen molar-refractivity contribution >= 4 is 17.3 Å². The van der Waals surface area contributed by atoms with Crippen LogP contribution in [0.15, 0.2) is 0 Å². The van der Waals surface area contributed by atoms with E-state index in [4.69, 9.17) is 4.74 Å². The molecule has 112 valence electrons. The zero-order chi connectivity index (χ0) is 14.5. The Hall–Kier alpha value is -1.02. The van der Waals surface area contributed by atoms with Gasteiger partial charge in [0.15, 0.2) is 0 Å². The number of hydrogen-bond acceptors (Lipinski definition) is 6. The Labute approximate surface area is 123 Å². The van der Waals surface area contributed by atoms with Crippen molar-refractivity contribution in [2.75, 3.05) is 39.8 Å². The van der Waals surface area contributed by atoms with E-state index in [-0.39, 0.29) is 6.61 Å². The normalized spacial score (nSPS) is 17.5. The molecule has 0 saturated carbocycles. The third-order valence-corrected chi connectivity index (χ3v) is 4.56. The second kappa shape index (κ2) is 7.12. The number of carbonyl (C=O) groups is 1. The number of ether oxygens (including phenoxy) is 1. The van der Waals surface area contributed by atoms with Gasteiger partial charge < -0.3 is 14.7 Å². The molecule has 6 nitrogen and oxygen atoms in total. The van der Waals surface area contributed by atoms with Crippen molar-refractivity contribution in [1.29, 1.82) is 0 Å². The average Bonchev–Trinajstić information content (AvgIpc) is 2.83. The molecule has 1 saturated heterocycles. The molecule has 0 aliphatic carbocycles. The van der Waals surface area contributed by atoms with Gasteiger partial charge in [0, 0.05) is 33.3 Å². The number of likely N-dealkylation sites (N-methyl/N-ethyl adjacent to an activating group) is 1. The molecule has 20 heavy (non-hydrogen) atoms. The van der Waals surface area contributed by atoms with E-state index in [2.05, 4.69) is 21.7 Å². The van der Waals surface area contributed by atoms with Crippen LogP contribution in [0.2, 0.25) is 0 Å². The van der Waals surface area contributed by atoms with Crippen LogP contribution in [-0.2, 0) is 17.9 Å². The lowest BCUT2D eigenvalue weighted by molar-refractivity contribution is 0.0697. The lowest BCUT2D eigenvalue weighted by atomic mass is 10.3. The molecular formula is C13H21N3O3S. The Morgan fingerprint density at radius 3 is 2.55 bits per heavy atom. The number of rotatable bonds is 6. The number of thiazole rings is 1. The minimum absolute atomic E-state index is 0.252. The maximum atomic E-state index is 11.2. The minimum atomic E-state index is -0.920. The smallest absolute Gasteiger partial charge is 0.347 e.